The number of aliphatic hydroxyl groups is 1. The number of urea groups is 1. The molecule has 1 aromatic carbocycles. The maximum atomic E-state index is 13.0. The lowest BCUT2D eigenvalue weighted by Crippen LogP contribution is -2.40. The van der Waals surface area contributed by atoms with Gasteiger partial charge in [0.15, 0.2) is 0 Å². The van der Waals surface area contributed by atoms with Crippen molar-refractivity contribution in [3.63, 3.8) is 0 Å². The highest BCUT2D eigenvalue weighted by molar-refractivity contribution is 6.30. The van der Waals surface area contributed by atoms with Gasteiger partial charge in [0.25, 0.3) is 0 Å². The number of β-amino-alcohol motifs (C(OH)–C–C–N with tert-alkyl or cyclic N) is 1. The zero-order valence-electron chi connectivity index (χ0n) is 11.4. The molecule has 0 unspecified atom stereocenters. The third kappa shape index (κ3) is 4.25. The number of nitrogens with zero attached hydrogens (tertiary/aromatic N) is 1. The highest BCUT2D eigenvalue weighted by atomic mass is 35.5. The van der Waals surface area contributed by atoms with Crippen molar-refractivity contribution >= 4 is 23.3 Å². The molecule has 2 rings (SSSR count). The molecule has 5 nitrogen and oxygen atoms in total. The van der Waals surface area contributed by atoms with E-state index in [2.05, 4.69) is 5.32 Å². The summed E-state index contributed by atoms with van der Waals surface area (Å²) in [4.78, 5) is 13.3. The molecule has 1 fully saturated rings. The van der Waals surface area contributed by atoms with Crippen molar-refractivity contribution in [3.05, 3.63) is 28.8 Å². The van der Waals surface area contributed by atoms with E-state index in [0.29, 0.717) is 0 Å². The van der Waals surface area contributed by atoms with E-state index in [0.717, 1.165) is 12.1 Å². The van der Waals surface area contributed by atoms with Gasteiger partial charge in [-0.25, -0.2) is 4.79 Å². The lowest BCUT2D eigenvalue weighted by atomic mass is 10.1. The van der Waals surface area contributed by atoms with Crippen LogP contribution in [-0.2, 0) is 10.9 Å². The number of benzene rings is 1. The first-order chi connectivity index (χ1) is 10.3. The largest absolute Gasteiger partial charge is 0.418 e. The summed E-state index contributed by atoms with van der Waals surface area (Å²) in [5.41, 5.74) is -1.42. The molecule has 9 heteroatoms. The van der Waals surface area contributed by atoms with Crippen LogP contribution in [0, 0.1) is 0 Å². The molecule has 22 heavy (non-hydrogen) atoms. The number of halogens is 4. The van der Waals surface area contributed by atoms with Crippen LogP contribution in [0.15, 0.2) is 18.2 Å². The SMILES string of the molecule is O=C(Nc1ccc(Cl)cc1C(F)(F)F)N1CCOC[C@H](O)C1. The topological polar surface area (TPSA) is 61.8 Å². The Kier molecular flexibility index (Phi) is 5.15. The van der Waals surface area contributed by atoms with Crippen molar-refractivity contribution in [2.75, 3.05) is 31.6 Å². The van der Waals surface area contributed by atoms with Gasteiger partial charge in [-0.15, -0.1) is 0 Å². The van der Waals surface area contributed by atoms with Crippen molar-refractivity contribution in [1.82, 2.24) is 4.90 Å². The molecular weight excluding hydrogens is 325 g/mol. The van der Waals surface area contributed by atoms with Gasteiger partial charge in [-0.3, -0.25) is 0 Å². The Morgan fingerprint density at radius 1 is 1.45 bits per heavy atom. The lowest BCUT2D eigenvalue weighted by molar-refractivity contribution is -0.136. The minimum Gasteiger partial charge on any atom is -0.389 e. The first-order valence-corrected chi connectivity index (χ1v) is 6.83. The van der Waals surface area contributed by atoms with E-state index in [1.165, 1.54) is 11.0 Å². The number of aliphatic hydroxyl groups excluding tert-OH is 1. The lowest BCUT2D eigenvalue weighted by Gasteiger charge is -2.23. The number of rotatable bonds is 1. The zero-order chi connectivity index (χ0) is 16.3. The molecule has 1 aromatic rings. The fourth-order valence-corrected chi connectivity index (χ4v) is 2.20. The second-order valence-electron chi connectivity index (χ2n) is 4.79. The van der Waals surface area contributed by atoms with Crippen LogP contribution in [-0.4, -0.2) is 48.4 Å². The molecule has 0 aliphatic carbocycles. The van der Waals surface area contributed by atoms with Gasteiger partial charge in [-0.2, -0.15) is 13.2 Å². The average molecular weight is 339 g/mol. The summed E-state index contributed by atoms with van der Waals surface area (Å²) in [6.07, 6.45) is -5.52. The van der Waals surface area contributed by atoms with Gasteiger partial charge in [0.2, 0.25) is 0 Å². The summed E-state index contributed by atoms with van der Waals surface area (Å²) in [5.74, 6) is 0. The number of hydrogen-bond donors (Lipinski definition) is 2. The Balaban J connectivity index is 2.17. The van der Waals surface area contributed by atoms with Gasteiger partial charge in [0.1, 0.15) is 0 Å². The van der Waals surface area contributed by atoms with Gasteiger partial charge in [-0.1, -0.05) is 11.6 Å². The predicted octanol–water partition coefficient (Wildman–Crippen LogP) is 2.58. The normalized spacial score (nSPS) is 19.7. The minimum atomic E-state index is -4.64. The van der Waals surface area contributed by atoms with Crippen molar-refractivity contribution < 1.29 is 27.8 Å². The quantitative estimate of drug-likeness (QED) is 0.827. The molecule has 0 saturated carbocycles. The Bertz CT molecular complexity index is 554. The minimum absolute atomic E-state index is 0.0131. The first kappa shape index (κ1) is 16.9. The Hall–Kier alpha value is -1.51. The maximum absolute atomic E-state index is 13.0. The number of nitrogens with one attached hydrogen (secondary N) is 1. The van der Waals surface area contributed by atoms with Gasteiger partial charge in [-0.05, 0) is 18.2 Å². The van der Waals surface area contributed by atoms with Crippen LogP contribution < -0.4 is 5.32 Å². The Labute approximate surface area is 129 Å². The van der Waals surface area contributed by atoms with Crippen LogP contribution in [0.1, 0.15) is 5.56 Å². The number of carbonyl (C=O) groups excluding carboxylic acids is 1. The van der Waals surface area contributed by atoms with Crippen LogP contribution in [0.2, 0.25) is 5.02 Å². The van der Waals surface area contributed by atoms with E-state index in [1.807, 2.05) is 0 Å². The van der Waals surface area contributed by atoms with Crippen molar-refractivity contribution in [2.24, 2.45) is 0 Å². The summed E-state index contributed by atoms with van der Waals surface area (Å²) in [6.45, 7) is 0.453. The van der Waals surface area contributed by atoms with E-state index in [9.17, 15) is 23.1 Å². The van der Waals surface area contributed by atoms with Crippen LogP contribution in [0.3, 0.4) is 0 Å². The molecule has 1 aliphatic heterocycles. The van der Waals surface area contributed by atoms with E-state index >= 15 is 0 Å². The zero-order valence-corrected chi connectivity index (χ0v) is 12.1. The summed E-state index contributed by atoms with van der Waals surface area (Å²) < 4.78 is 44.0. The van der Waals surface area contributed by atoms with Crippen molar-refractivity contribution in [1.29, 1.82) is 0 Å². The molecule has 122 valence electrons. The molecule has 1 saturated heterocycles. The Morgan fingerprint density at radius 3 is 2.86 bits per heavy atom. The molecule has 0 radical (unpaired) electrons. The summed E-state index contributed by atoms with van der Waals surface area (Å²) in [7, 11) is 0. The standard InChI is InChI=1S/C13H14ClF3N2O3/c14-8-1-2-11(10(5-8)13(15,16)17)18-12(21)19-3-4-22-7-9(20)6-19/h1-2,5,9,20H,3-4,6-7H2,(H,18,21)/t9-/m1/s1. The molecule has 2 N–H and O–H groups in total. The van der Waals surface area contributed by atoms with Crippen LogP contribution >= 0.6 is 11.6 Å². The molecule has 2 amide bonds. The highest BCUT2D eigenvalue weighted by Crippen LogP contribution is 2.36. The second-order valence-corrected chi connectivity index (χ2v) is 5.23. The fourth-order valence-electron chi connectivity index (χ4n) is 2.03. The van der Waals surface area contributed by atoms with Crippen molar-refractivity contribution in [3.8, 4) is 0 Å². The summed E-state index contributed by atoms with van der Waals surface area (Å²) in [6, 6.07) is 2.36. The van der Waals surface area contributed by atoms with Crippen molar-refractivity contribution in [2.45, 2.75) is 12.3 Å². The number of anilines is 1. The number of alkyl halides is 3. The summed E-state index contributed by atoms with van der Waals surface area (Å²) in [5, 5.41) is 11.7. The van der Waals surface area contributed by atoms with Gasteiger partial charge in [0.05, 0.1) is 37.1 Å². The average Bonchev–Trinajstić information content (AvgIpc) is 2.64. The second kappa shape index (κ2) is 6.72. The predicted molar refractivity (Wildman–Crippen MR) is 73.9 cm³/mol. The molecular formula is C13H14ClF3N2O3. The maximum Gasteiger partial charge on any atom is 0.418 e. The van der Waals surface area contributed by atoms with Gasteiger partial charge < -0.3 is 20.1 Å². The molecule has 1 aliphatic rings. The monoisotopic (exact) mass is 338 g/mol. The molecule has 0 spiro atoms. The molecule has 1 atom stereocenters. The van der Waals surface area contributed by atoms with Crippen LogP contribution in [0.5, 0.6) is 0 Å². The highest BCUT2D eigenvalue weighted by Gasteiger charge is 2.34. The van der Waals surface area contributed by atoms with E-state index in [1.54, 1.807) is 0 Å². The fraction of sp³-hybridized carbons (Fsp3) is 0.462. The number of amides is 2. The van der Waals surface area contributed by atoms with E-state index in [4.69, 9.17) is 16.3 Å². The molecule has 0 bridgehead atoms. The van der Waals surface area contributed by atoms with E-state index in [-0.39, 0.29) is 37.0 Å². The number of hydrogen-bond acceptors (Lipinski definition) is 3. The molecule has 1 heterocycles. The van der Waals surface area contributed by atoms with Crippen LogP contribution in [0.4, 0.5) is 23.7 Å². The van der Waals surface area contributed by atoms with E-state index < -0.39 is 23.9 Å². The smallest absolute Gasteiger partial charge is 0.389 e. The third-order valence-corrected chi connectivity index (χ3v) is 3.30. The third-order valence-electron chi connectivity index (χ3n) is 3.06. The van der Waals surface area contributed by atoms with Crippen LogP contribution in [0.25, 0.3) is 0 Å². The number of carbonyl (C=O) groups is 1. The summed E-state index contributed by atoms with van der Waals surface area (Å²) >= 11 is 5.58. The first-order valence-electron chi connectivity index (χ1n) is 6.46. The van der Waals surface area contributed by atoms with Gasteiger partial charge >= 0.3 is 12.2 Å². The van der Waals surface area contributed by atoms with Gasteiger partial charge in [0, 0.05) is 11.6 Å². The Morgan fingerprint density at radius 2 is 2.18 bits per heavy atom. The number of ether oxygens (including phenoxy) is 1. The molecule has 0 aromatic heterocycles.